The van der Waals surface area contributed by atoms with Crippen LogP contribution in [0.5, 0.6) is 0 Å². The second-order valence-corrected chi connectivity index (χ2v) is 8.20. The first-order chi connectivity index (χ1) is 12.6. The summed E-state index contributed by atoms with van der Waals surface area (Å²) >= 11 is 1.84. The Morgan fingerprint density at radius 2 is 1.88 bits per heavy atom. The fraction of sp³-hybridized carbons (Fsp3) is 0.632. The summed E-state index contributed by atoms with van der Waals surface area (Å²) < 4.78 is 0. The number of carbonyl (C=O) groups excluding carboxylic acids is 1. The van der Waals surface area contributed by atoms with E-state index in [9.17, 15) is 4.79 Å². The lowest BCUT2D eigenvalue weighted by atomic mass is 10.0. The number of rotatable bonds is 3. The number of piperazine rings is 1. The normalized spacial score (nSPS) is 18.4. The smallest absolute Gasteiger partial charge is 0.222 e. The van der Waals surface area contributed by atoms with Crippen molar-refractivity contribution in [2.24, 2.45) is 0 Å². The molecule has 0 N–H and O–H groups in total. The quantitative estimate of drug-likeness (QED) is 0.827. The molecule has 4 heterocycles. The zero-order valence-corrected chi connectivity index (χ0v) is 16.7. The summed E-state index contributed by atoms with van der Waals surface area (Å²) in [6.45, 7) is 12.7. The minimum atomic E-state index is 0.251. The molecule has 2 aliphatic heterocycles. The Kier molecular flexibility index (Phi) is 4.84. The van der Waals surface area contributed by atoms with Crippen molar-refractivity contribution < 1.29 is 4.79 Å². The second-order valence-electron chi connectivity index (χ2n) is 7.12. The van der Waals surface area contributed by atoms with Crippen molar-refractivity contribution >= 4 is 33.3 Å². The van der Waals surface area contributed by atoms with Gasteiger partial charge in [-0.25, -0.2) is 9.97 Å². The van der Waals surface area contributed by atoms with Crippen LogP contribution in [0, 0.1) is 6.92 Å². The number of likely N-dealkylation sites (N-methyl/N-ethyl adjacent to an activating group) is 1. The lowest BCUT2D eigenvalue weighted by molar-refractivity contribution is -0.131. The minimum Gasteiger partial charge on any atom is -0.352 e. The third-order valence-corrected chi connectivity index (χ3v) is 6.66. The van der Waals surface area contributed by atoms with Gasteiger partial charge in [0.1, 0.15) is 16.5 Å². The Morgan fingerprint density at radius 1 is 1.12 bits per heavy atom. The molecule has 0 spiro atoms. The van der Waals surface area contributed by atoms with Gasteiger partial charge in [-0.1, -0.05) is 13.8 Å². The number of carbonyl (C=O) groups is 1. The van der Waals surface area contributed by atoms with E-state index in [0.717, 1.165) is 68.7 Å². The molecule has 1 saturated heterocycles. The molecule has 4 rings (SSSR count). The lowest BCUT2D eigenvalue weighted by Crippen LogP contribution is -2.49. The first-order valence-corrected chi connectivity index (χ1v) is 10.5. The molecule has 2 aromatic rings. The van der Waals surface area contributed by atoms with Gasteiger partial charge in [0.05, 0.1) is 5.39 Å². The Morgan fingerprint density at radius 3 is 2.58 bits per heavy atom. The van der Waals surface area contributed by atoms with Gasteiger partial charge in [0.15, 0.2) is 0 Å². The van der Waals surface area contributed by atoms with Crippen molar-refractivity contribution in [3.8, 4) is 0 Å². The van der Waals surface area contributed by atoms with Crippen LogP contribution in [0.1, 0.15) is 36.5 Å². The molecule has 1 fully saturated rings. The Bertz CT molecular complexity index is 825. The number of thiophene rings is 1. The highest BCUT2D eigenvalue weighted by atomic mass is 32.1. The molecule has 0 radical (unpaired) electrons. The molecule has 1 amide bonds. The molecular weight excluding hydrogens is 346 g/mol. The van der Waals surface area contributed by atoms with Gasteiger partial charge in [0.2, 0.25) is 5.91 Å². The Balaban J connectivity index is 1.67. The van der Waals surface area contributed by atoms with E-state index in [1.165, 1.54) is 15.8 Å². The van der Waals surface area contributed by atoms with Crippen LogP contribution >= 0.6 is 11.3 Å². The molecule has 0 atom stereocenters. The predicted molar refractivity (Wildman–Crippen MR) is 106 cm³/mol. The summed E-state index contributed by atoms with van der Waals surface area (Å²) in [6, 6.07) is 0. The van der Waals surface area contributed by atoms with Crippen LogP contribution in [0.3, 0.4) is 0 Å². The van der Waals surface area contributed by atoms with Crippen LogP contribution in [0.4, 0.5) is 5.82 Å². The molecular formula is C19H27N5OS. The molecule has 2 aliphatic rings. The third kappa shape index (κ3) is 3.07. The van der Waals surface area contributed by atoms with E-state index in [1.54, 1.807) is 0 Å². The number of aromatic nitrogens is 2. The molecule has 0 unspecified atom stereocenters. The number of aryl methyl sites for hydroxylation is 1. The van der Waals surface area contributed by atoms with Crippen LogP contribution in [0.25, 0.3) is 10.2 Å². The van der Waals surface area contributed by atoms with Gasteiger partial charge >= 0.3 is 0 Å². The maximum absolute atomic E-state index is 12.0. The van der Waals surface area contributed by atoms with Gasteiger partial charge in [-0.2, -0.15) is 0 Å². The van der Waals surface area contributed by atoms with Crippen molar-refractivity contribution in [2.45, 2.75) is 40.2 Å². The SMILES string of the molecule is CCC(=O)N1CCN(c2nc(C)nc3sc4c(c23)CCN(CC)C4)CC1. The molecule has 26 heavy (non-hydrogen) atoms. The van der Waals surface area contributed by atoms with Crippen molar-refractivity contribution in [2.75, 3.05) is 44.2 Å². The monoisotopic (exact) mass is 373 g/mol. The Hall–Kier alpha value is -1.73. The van der Waals surface area contributed by atoms with Crippen LogP contribution in [0.15, 0.2) is 0 Å². The average Bonchev–Trinajstić information content (AvgIpc) is 3.03. The largest absolute Gasteiger partial charge is 0.352 e. The van der Waals surface area contributed by atoms with E-state index in [-0.39, 0.29) is 5.91 Å². The van der Waals surface area contributed by atoms with Crippen molar-refractivity contribution in [3.05, 3.63) is 16.3 Å². The van der Waals surface area contributed by atoms with E-state index >= 15 is 0 Å². The summed E-state index contributed by atoms with van der Waals surface area (Å²) in [4.78, 5) is 31.0. The van der Waals surface area contributed by atoms with Crippen molar-refractivity contribution in [3.63, 3.8) is 0 Å². The number of nitrogens with zero attached hydrogens (tertiary/aromatic N) is 5. The highest BCUT2D eigenvalue weighted by molar-refractivity contribution is 7.19. The summed E-state index contributed by atoms with van der Waals surface area (Å²) in [5.41, 5.74) is 1.46. The Labute approximate surface area is 158 Å². The van der Waals surface area contributed by atoms with E-state index in [1.807, 2.05) is 30.1 Å². The van der Waals surface area contributed by atoms with E-state index in [4.69, 9.17) is 9.97 Å². The topological polar surface area (TPSA) is 52.6 Å². The fourth-order valence-corrected chi connectivity index (χ4v) is 5.32. The van der Waals surface area contributed by atoms with Crippen molar-refractivity contribution in [1.29, 1.82) is 0 Å². The highest BCUT2D eigenvalue weighted by Crippen LogP contribution is 2.39. The van der Waals surface area contributed by atoms with Crippen molar-refractivity contribution in [1.82, 2.24) is 19.8 Å². The van der Waals surface area contributed by atoms with Crippen LogP contribution in [-0.2, 0) is 17.8 Å². The number of anilines is 1. The zero-order valence-electron chi connectivity index (χ0n) is 15.9. The maximum atomic E-state index is 12.0. The van der Waals surface area contributed by atoms with E-state index < -0.39 is 0 Å². The van der Waals surface area contributed by atoms with Crippen LogP contribution < -0.4 is 4.90 Å². The zero-order chi connectivity index (χ0) is 18.3. The summed E-state index contributed by atoms with van der Waals surface area (Å²) in [6.07, 6.45) is 1.67. The highest BCUT2D eigenvalue weighted by Gasteiger charge is 2.27. The predicted octanol–water partition coefficient (Wildman–Crippen LogP) is 2.44. The molecule has 0 bridgehead atoms. The second kappa shape index (κ2) is 7.12. The third-order valence-electron chi connectivity index (χ3n) is 5.55. The van der Waals surface area contributed by atoms with E-state index in [2.05, 4.69) is 16.7 Å². The van der Waals surface area contributed by atoms with Gasteiger partial charge in [-0.3, -0.25) is 9.69 Å². The van der Waals surface area contributed by atoms with Gasteiger partial charge in [-0.15, -0.1) is 11.3 Å². The first kappa shape index (κ1) is 17.7. The molecule has 0 saturated carbocycles. The number of hydrogen-bond donors (Lipinski definition) is 0. The molecule has 0 aliphatic carbocycles. The lowest BCUT2D eigenvalue weighted by Gasteiger charge is -2.36. The molecule has 0 aromatic carbocycles. The first-order valence-electron chi connectivity index (χ1n) is 9.64. The average molecular weight is 374 g/mol. The van der Waals surface area contributed by atoms with Gasteiger partial charge in [0, 0.05) is 50.6 Å². The van der Waals surface area contributed by atoms with Gasteiger partial charge in [0.25, 0.3) is 0 Å². The molecule has 140 valence electrons. The number of amides is 1. The van der Waals surface area contributed by atoms with Gasteiger partial charge in [-0.05, 0) is 25.5 Å². The summed E-state index contributed by atoms with van der Waals surface area (Å²) in [7, 11) is 0. The fourth-order valence-electron chi connectivity index (χ4n) is 4.02. The number of fused-ring (bicyclic) bond motifs is 3. The number of hydrogen-bond acceptors (Lipinski definition) is 6. The van der Waals surface area contributed by atoms with Gasteiger partial charge < -0.3 is 9.80 Å². The van der Waals surface area contributed by atoms with E-state index in [0.29, 0.717) is 6.42 Å². The van der Waals surface area contributed by atoms with Crippen LogP contribution in [-0.4, -0.2) is 64.9 Å². The molecule has 7 heteroatoms. The summed E-state index contributed by atoms with van der Waals surface area (Å²) in [5.74, 6) is 2.17. The summed E-state index contributed by atoms with van der Waals surface area (Å²) in [5, 5.41) is 1.27. The molecule has 6 nitrogen and oxygen atoms in total. The van der Waals surface area contributed by atoms with Crippen LogP contribution in [0.2, 0.25) is 0 Å². The maximum Gasteiger partial charge on any atom is 0.222 e. The molecule has 2 aromatic heterocycles. The standard InChI is InChI=1S/C19H27N5OS/c1-4-16(25)23-8-10-24(11-9-23)18-17-14-6-7-22(5-2)12-15(14)26-19(17)21-13(3)20-18/h4-12H2,1-3H3. The minimum absolute atomic E-state index is 0.251.